The van der Waals surface area contributed by atoms with Crippen LogP contribution in [-0.4, -0.2) is 32.3 Å². The van der Waals surface area contributed by atoms with Crippen LogP contribution in [-0.2, 0) is 16.1 Å². The molecule has 2 atom stereocenters. The Balaban J connectivity index is 2.62. The summed E-state index contributed by atoms with van der Waals surface area (Å²) in [4.78, 5) is 23.7. The molecule has 0 aliphatic heterocycles. The number of urea groups is 1. The summed E-state index contributed by atoms with van der Waals surface area (Å²) in [5.74, 6) is 0.250. The molecule has 6 heteroatoms. The number of hydrogen-bond donors (Lipinski definition) is 2. The molecule has 0 aliphatic carbocycles. The fourth-order valence-electron chi connectivity index (χ4n) is 2.01. The molecule has 2 N–H and O–H groups in total. The number of amides is 2. The molecular formula is C16H24N2O4. The first-order valence-electron chi connectivity index (χ1n) is 7.27. The minimum Gasteiger partial charge on any atom is -0.496 e. The fourth-order valence-corrected chi connectivity index (χ4v) is 2.01. The summed E-state index contributed by atoms with van der Waals surface area (Å²) in [7, 11) is 2.89. The topological polar surface area (TPSA) is 76.7 Å². The number of benzene rings is 1. The van der Waals surface area contributed by atoms with Gasteiger partial charge in [-0.25, -0.2) is 9.59 Å². The maximum atomic E-state index is 12.0. The Hall–Kier alpha value is -2.24. The smallest absolute Gasteiger partial charge is 0.328 e. The lowest BCUT2D eigenvalue weighted by molar-refractivity contribution is -0.144. The van der Waals surface area contributed by atoms with E-state index in [4.69, 9.17) is 9.47 Å². The van der Waals surface area contributed by atoms with Crippen LogP contribution in [0.3, 0.4) is 0 Å². The monoisotopic (exact) mass is 308 g/mol. The van der Waals surface area contributed by atoms with Crippen molar-refractivity contribution >= 4 is 12.0 Å². The lowest BCUT2D eigenvalue weighted by Crippen LogP contribution is -2.49. The molecule has 1 aromatic rings. The molecule has 1 rings (SSSR count). The van der Waals surface area contributed by atoms with E-state index in [1.54, 1.807) is 7.11 Å². The van der Waals surface area contributed by atoms with Gasteiger partial charge in [-0.05, 0) is 12.0 Å². The Labute approximate surface area is 131 Å². The number of esters is 1. The van der Waals surface area contributed by atoms with Crippen molar-refractivity contribution in [2.24, 2.45) is 5.92 Å². The summed E-state index contributed by atoms with van der Waals surface area (Å²) in [6.45, 7) is 4.15. The second-order valence-corrected chi connectivity index (χ2v) is 5.03. The van der Waals surface area contributed by atoms with Gasteiger partial charge in [0, 0.05) is 12.1 Å². The fraction of sp³-hybridized carbons (Fsp3) is 0.500. The van der Waals surface area contributed by atoms with Gasteiger partial charge >= 0.3 is 12.0 Å². The number of nitrogens with one attached hydrogen (secondary N) is 2. The highest BCUT2D eigenvalue weighted by molar-refractivity contribution is 5.83. The van der Waals surface area contributed by atoms with E-state index in [9.17, 15) is 9.59 Å². The Morgan fingerprint density at radius 1 is 1.23 bits per heavy atom. The van der Waals surface area contributed by atoms with Crippen molar-refractivity contribution < 1.29 is 19.1 Å². The zero-order chi connectivity index (χ0) is 16.5. The molecule has 0 fully saturated rings. The highest BCUT2D eigenvalue weighted by Gasteiger charge is 2.26. The van der Waals surface area contributed by atoms with Crippen molar-refractivity contribution in [2.45, 2.75) is 32.9 Å². The molecule has 0 bridgehead atoms. The number of methoxy groups -OCH3 is 2. The summed E-state index contributed by atoms with van der Waals surface area (Å²) in [5.41, 5.74) is 0.860. The number of rotatable bonds is 7. The normalized spacial score (nSPS) is 12.9. The number of hydrogen-bond acceptors (Lipinski definition) is 4. The third-order valence-corrected chi connectivity index (χ3v) is 3.59. The maximum absolute atomic E-state index is 12.0. The molecule has 0 radical (unpaired) electrons. The summed E-state index contributed by atoms with van der Waals surface area (Å²) < 4.78 is 9.96. The molecule has 0 aromatic heterocycles. The average molecular weight is 308 g/mol. The van der Waals surface area contributed by atoms with E-state index >= 15 is 0 Å². The first-order valence-corrected chi connectivity index (χ1v) is 7.27. The Kier molecular flexibility index (Phi) is 7.22. The zero-order valence-electron chi connectivity index (χ0n) is 13.5. The van der Waals surface area contributed by atoms with E-state index in [0.29, 0.717) is 12.3 Å². The van der Waals surface area contributed by atoms with Gasteiger partial charge < -0.3 is 20.1 Å². The lowest BCUT2D eigenvalue weighted by atomic mass is 9.99. The molecule has 0 saturated heterocycles. The van der Waals surface area contributed by atoms with Crippen LogP contribution in [0.2, 0.25) is 0 Å². The molecule has 0 spiro atoms. The second-order valence-electron chi connectivity index (χ2n) is 5.03. The third kappa shape index (κ3) is 4.95. The van der Waals surface area contributed by atoms with Crippen molar-refractivity contribution in [1.82, 2.24) is 10.6 Å². The summed E-state index contributed by atoms with van der Waals surface area (Å²) in [5, 5.41) is 5.38. The first-order chi connectivity index (χ1) is 10.5. The van der Waals surface area contributed by atoms with Gasteiger partial charge in [0.25, 0.3) is 0 Å². The highest BCUT2D eigenvalue weighted by atomic mass is 16.5. The predicted octanol–water partition coefficient (Wildman–Crippen LogP) is 2.08. The van der Waals surface area contributed by atoms with Gasteiger partial charge in [-0.2, -0.15) is 0 Å². The van der Waals surface area contributed by atoms with E-state index in [1.807, 2.05) is 38.1 Å². The Morgan fingerprint density at radius 2 is 1.91 bits per heavy atom. The predicted molar refractivity (Wildman–Crippen MR) is 83.6 cm³/mol. The van der Waals surface area contributed by atoms with Crippen LogP contribution in [0, 0.1) is 5.92 Å². The van der Waals surface area contributed by atoms with Crippen LogP contribution in [0.4, 0.5) is 4.79 Å². The standard InChI is InChI=1S/C16H24N2O4/c1-5-11(2)14(15(19)22-4)18-16(20)17-10-12-8-6-7-9-13(12)21-3/h6-9,11,14H,5,10H2,1-4H3,(H2,17,18,20)/t11-,14-/m1/s1. The largest absolute Gasteiger partial charge is 0.496 e. The molecule has 22 heavy (non-hydrogen) atoms. The minimum absolute atomic E-state index is 0.00976. The molecule has 1 aromatic carbocycles. The van der Waals surface area contributed by atoms with Gasteiger partial charge in [-0.1, -0.05) is 38.5 Å². The van der Waals surface area contributed by atoms with Crippen molar-refractivity contribution in [3.05, 3.63) is 29.8 Å². The molecule has 6 nitrogen and oxygen atoms in total. The van der Waals surface area contributed by atoms with E-state index in [2.05, 4.69) is 10.6 Å². The van der Waals surface area contributed by atoms with Crippen LogP contribution in [0.1, 0.15) is 25.8 Å². The van der Waals surface area contributed by atoms with Crippen molar-refractivity contribution in [3.8, 4) is 5.75 Å². The molecule has 122 valence electrons. The Bertz CT molecular complexity index is 505. The van der Waals surface area contributed by atoms with Crippen LogP contribution < -0.4 is 15.4 Å². The second kappa shape index (κ2) is 8.92. The summed E-state index contributed by atoms with van der Waals surface area (Å²) in [6.07, 6.45) is 0.757. The van der Waals surface area contributed by atoms with Crippen molar-refractivity contribution in [3.63, 3.8) is 0 Å². The zero-order valence-corrected chi connectivity index (χ0v) is 13.5. The molecule has 0 unspecified atom stereocenters. The molecule has 0 aliphatic rings. The summed E-state index contributed by atoms with van der Waals surface area (Å²) >= 11 is 0. The van der Waals surface area contributed by atoms with Crippen molar-refractivity contribution in [2.75, 3.05) is 14.2 Å². The average Bonchev–Trinajstić information content (AvgIpc) is 2.56. The van der Waals surface area contributed by atoms with Crippen molar-refractivity contribution in [1.29, 1.82) is 0 Å². The van der Waals surface area contributed by atoms with E-state index in [-0.39, 0.29) is 5.92 Å². The molecular weight excluding hydrogens is 284 g/mol. The van der Waals surface area contributed by atoms with Crippen LogP contribution in [0.15, 0.2) is 24.3 Å². The SMILES string of the molecule is CC[C@@H](C)[C@@H](NC(=O)NCc1ccccc1OC)C(=O)OC. The van der Waals surface area contributed by atoms with Gasteiger partial charge in [0.15, 0.2) is 0 Å². The van der Waals surface area contributed by atoms with Gasteiger partial charge in [-0.15, -0.1) is 0 Å². The number of para-hydroxylation sites is 1. The van der Waals surface area contributed by atoms with Gasteiger partial charge in [0.2, 0.25) is 0 Å². The summed E-state index contributed by atoms with van der Waals surface area (Å²) in [6, 6.07) is 6.35. The van der Waals surface area contributed by atoms with E-state index < -0.39 is 18.0 Å². The quantitative estimate of drug-likeness (QED) is 0.756. The maximum Gasteiger partial charge on any atom is 0.328 e. The van der Waals surface area contributed by atoms with E-state index in [1.165, 1.54) is 7.11 Å². The van der Waals surface area contributed by atoms with Gasteiger partial charge in [-0.3, -0.25) is 0 Å². The Morgan fingerprint density at radius 3 is 2.50 bits per heavy atom. The first kappa shape index (κ1) is 17.8. The van der Waals surface area contributed by atoms with Gasteiger partial charge in [0.1, 0.15) is 11.8 Å². The van der Waals surface area contributed by atoms with Gasteiger partial charge in [0.05, 0.1) is 14.2 Å². The van der Waals surface area contributed by atoms with Crippen LogP contribution >= 0.6 is 0 Å². The van der Waals surface area contributed by atoms with Crippen LogP contribution in [0.25, 0.3) is 0 Å². The lowest BCUT2D eigenvalue weighted by Gasteiger charge is -2.22. The highest BCUT2D eigenvalue weighted by Crippen LogP contribution is 2.16. The number of ether oxygens (including phenoxy) is 2. The molecule has 0 saturated carbocycles. The molecule has 2 amide bonds. The number of carbonyl (C=O) groups excluding carboxylic acids is 2. The molecule has 0 heterocycles. The third-order valence-electron chi connectivity index (χ3n) is 3.59. The van der Waals surface area contributed by atoms with Crippen LogP contribution in [0.5, 0.6) is 5.75 Å². The number of carbonyl (C=O) groups is 2. The van der Waals surface area contributed by atoms with E-state index in [0.717, 1.165) is 12.0 Å². The minimum atomic E-state index is -0.660.